The van der Waals surface area contributed by atoms with Gasteiger partial charge >= 0.3 is 0 Å². The summed E-state index contributed by atoms with van der Waals surface area (Å²) in [6.07, 6.45) is 0.865. The molecule has 2 rings (SSSR count). The fraction of sp³-hybridized carbons (Fsp3) is 0.400. The largest absolute Gasteiger partial charge is 0.382 e. The maximum atomic E-state index is 5.12. The van der Waals surface area contributed by atoms with Crippen molar-refractivity contribution in [2.45, 2.75) is 12.5 Å². The van der Waals surface area contributed by atoms with Crippen molar-refractivity contribution in [1.82, 2.24) is 0 Å². The summed E-state index contributed by atoms with van der Waals surface area (Å²) in [4.78, 5) is 10.2. The van der Waals surface area contributed by atoms with E-state index in [4.69, 9.17) is 14.5 Å². The van der Waals surface area contributed by atoms with Crippen LogP contribution in [-0.4, -0.2) is 19.8 Å². The van der Waals surface area contributed by atoms with E-state index in [1.54, 1.807) is 7.11 Å². The Bertz CT molecular complexity index is 285. The number of ether oxygens (including phenoxy) is 1. The molecule has 0 saturated carbocycles. The molecule has 0 aliphatic carbocycles. The second-order valence-electron chi connectivity index (χ2n) is 3.07. The predicted octanol–water partition coefficient (Wildman–Crippen LogP) is 1.57. The summed E-state index contributed by atoms with van der Waals surface area (Å²) >= 11 is 0. The van der Waals surface area contributed by atoms with Crippen molar-refractivity contribution in [3.8, 4) is 5.75 Å². The van der Waals surface area contributed by atoms with E-state index >= 15 is 0 Å². The lowest BCUT2D eigenvalue weighted by atomic mass is 10.1. The standard InChI is InChI=1S/C10H12O3/c1-11-7-9-6-8-4-2-3-5-10(8)13-12-9/h2-5,9H,6-7H2,1H3. The van der Waals surface area contributed by atoms with Crippen LogP contribution in [0, 0.1) is 0 Å². The lowest BCUT2D eigenvalue weighted by molar-refractivity contribution is -0.263. The molecule has 1 aromatic rings. The second kappa shape index (κ2) is 3.77. The van der Waals surface area contributed by atoms with E-state index < -0.39 is 0 Å². The van der Waals surface area contributed by atoms with Crippen molar-refractivity contribution in [2.24, 2.45) is 0 Å². The Hall–Kier alpha value is -1.06. The van der Waals surface area contributed by atoms with Crippen LogP contribution in [0.1, 0.15) is 5.56 Å². The van der Waals surface area contributed by atoms with Gasteiger partial charge in [0.2, 0.25) is 0 Å². The van der Waals surface area contributed by atoms with Crippen LogP contribution in [0.5, 0.6) is 5.75 Å². The Morgan fingerprint density at radius 1 is 1.46 bits per heavy atom. The van der Waals surface area contributed by atoms with E-state index in [1.165, 1.54) is 5.56 Å². The molecule has 0 saturated heterocycles. The van der Waals surface area contributed by atoms with Crippen molar-refractivity contribution < 1.29 is 14.5 Å². The van der Waals surface area contributed by atoms with Crippen molar-refractivity contribution in [2.75, 3.05) is 13.7 Å². The van der Waals surface area contributed by atoms with Crippen LogP contribution in [0.25, 0.3) is 0 Å². The van der Waals surface area contributed by atoms with Crippen LogP contribution >= 0.6 is 0 Å². The van der Waals surface area contributed by atoms with Gasteiger partial charge in [0.25, 0.3) is 0 Å². The van der Waals surface area contributed by atoms with Crippen molar-refractivity contribution in [3.63, 3.8) is 0 Å². The number of hydrogen-bond acceptors (Lipinski definition) is 3. The third-order valence-corrected chi connectivity index (χ3v) is 2.05. The highest BCUT2D eigenvalue weighted by Gasteiger charge is 2.20. The minimum Gasteiger partial charge on any atom is -0.382 e. The SMILES string of the molecule is COCC1Cc2ccccc2OO1. The van der Waals surface area contributed by atoms with E-state index in [2.05, 4.69) is 0 Å². The lowest BCUT2D eigenvalue weighted by Crippen LogP contribution is -2.27. The first-order chi connectivity index (χ1) is 6.40. The van der Waals surface area contributed by atoms with Gasteiger partial charge < -0.3 is 9.62 Å². The molecule has 0 amide bonds. The quantitative estimate of drug-likeness (QED) is 0.646. The normalized spacial score (nSPS) is 20.5. The van der Waals surface area contributed by atoms with Gasteiger partial charge in [0.15, 0.2) is 5.75 Å². The number of fused-ring (bicyclic) bond motifs is 1. The second-order valence-corrected chi connectivity index (χ2v) is 3.07. The highest BCUT2D eigenvalue weighted by Crippen LogP contribution is 2.25. The summed E-state index contributed by atoms with van der Waals surface area (Å²) in [7, 11) is 1.66. The molecule has 1 aliphatic heterocycles. The summed E-state index contributed by atoms with van der Waals surface area (Å²) < 4.78 is 4.99. The average Bonchev–Trinajstić information content (AvgIpc) is 2.18. The molecule has 1 unspecified atom stereocenters. The third kappa shape index (κ3) is 1.82. The molecular weight excluding hydrogens is 168 g/mol. The maximum Gasteiger partial charge on any atom is 0.168 e. The van der Waals surface area contributed by atoms with E-state index in [-0.39, 0.29) is 6.10 Å². The van der Waals surface area contributed by atoms with Gasteiger partial charge in [-0.15, -0.1) is 0 Å². The van der Waals surface area contributed by atoms with Crippen LogP contribution in [0.4, 0.5) is 0 Å². The number of methoxy groups -OCH3 is 1. The first kappa shape index (κ1) is 8.53. The molecule has 0 aromatic heterocycles. The van der Waals surface area contributed by atoms with E-state index in [9.17, 15) is 0 Å². The molecule has 13 heavy (non-hydrogen) atoms. The fourth-order valence-corrected chi connectivity index (χ4v) is 1.43. The highest BCUT2D eigenvalue weighted by atomic mass is 17.2. The van der Waals surface area contributed by atoms with Gasteiger partial charge in [-0.2, -0.15) is 4.89 Å². The fourth-order valence-electron chi connectivity index (χ4n) is 1.43. The minimum atomic E-state index is 0.0138. The summed E-state index contributed by atoms with van der Waals surface area (Å²) in [5.41, 5.74) is 1.18. The zero-order valence-corrected chi connectivity index (χ0v) is 7.53. The first-order valence-electron chi connectivity index (χ1n) is 4.30. The first-order valence-corrected chi connectivity index (χ1v) is 4.30. The van der Waals surface area contributed by atoms with Crippen molar-refractivity contribution >= 4 is 0 Å². The van der Waals surface area contributed by atoms with Gasteiger partial charge in [0.1, 0.15) is 6.10 Å². The Morgan fingerprint density at radius 2 is 2.31 bits per heavy atom. The summed E-state index contributed by atoms with van der Waals surface area (Å²) in [5, 5.41) is 0. The number of rotatable bonds is 2. The number of para-hydroxylation sites is 1. The molecule has 1 aromatic carbocycles. The molecule has 0 bridgehead atoms. The molecule has 1 atom stereocenters. The molecule has 0 N–H and O–H groups in total. The van der Waals surface area contributed by atoms with Gasteiger partial charge in [0, 0.05) is 19.1 Å². The van der Waals surface area contributed by atoms with Crippen LogP contribution < -0.4 is 4.89 Å². The smallest absolute Gasteiger partial charge is 0.168 e. The van der Waals surface area contributed by atoms with Crippen LogP contribution in [0.2, 0.25) is 0 Å². The van der Waals surface area contributed by atoms with Gasteiger partial charge in [-0.25, -0.2) is 0 Å². The van der Waals surface area contributed by atoms with Crippen molar-refractivity contribution in [1.29, 1.82) is 0 Å². The molecule has 0 spiro atoms. The Morgan fingerprint density at radius 3 is 3.15 bits per heavy atom. The van der Waals surface area contributed by atoms with E-state index in [1.807, 2.05) is 24.3 Å². The van der Waals surface area contributed by atoms with Crippen LogP contribution in [0.15, 0.2) is 24.3 Å². The zero-order chi connectivity index (χ0) is 9.10. The number of benzene rings is 1. The molecule has 3 heteroatoms. The Labute approximate surface area is 77.2 Å². The summed E-state index contributed by atoms with van der Waals surface area (Å²) in [6.45, 7) is 0.564. The van der Waals surface area contributed by atoms with Gasteiger partial charge in [-0.1, -0.05) is 18.2 Å². The maximum absolute atomic E-state index is 5.12. The highest BCUT2D eigenvalue weighted by molar-refractivity contribution is 5.34. The van der Waals surface area contributed by atoms with Crippen LogP contribution in [-0.2, 0) is 16.0 Å². The predicted molar refractivity (Wildman–Crippen MR) is 47.5 cm³/mol. The monoisotopic (exact) mass is 180 g/mol. The van der Waals surface area contributed by atoms with Gasteiger partial charge in [-0.05, 0) is 6.07 Å². The lowest BCUT2D eigenvalue weighted by Gasteiger charge is -2.22. The molecule has 1 aliphatic rings. The molecular formula is C10H12O3. The molecule has 3 nitrogen and oxygen atoms in total. The molecule has 0 fully saturated rings. The zero-order valence-electron chi connectivity index (χ0n) is 7.53. The Balaban J connectivity index is 2.11. The Kier molecular flexibility index (Phi) is 2.47. The minimum absolute atomic E-state index is 0.0138. The third-order valence-electron chi connectivity index (χ3n) is 2.05. The molecule has 1 heterocycles. The van der Waals surface area contributed by atoms with E-state index in [0.717, 1.165) is 12.2 Å². The van der Waals surface area contributed by atoms with Gasteiger partial charge in [0.05, 0.1) is 6.61 Å². The van der Waals surface area contributed by atoms with Gasteiger partial charge in [-0.3, -0.25) is 0 Å². The van der Waals surface area contributed by atoms with Crippen molar-refractivity contribution in [3.05, 3.63) is 29.8 Å². The van der Waals surface area contributed by atoms with E-state index in [0.29, 0.717) is 6.61 Å². The average molecular weight is 180 g/mol. The summed E-state index contributed by atoms with van der Waals surface area (Å²) in [6, 6.07) is 7.87. The topological polar surface area (TPSA) is 27.7 Å². The van der Waals surface area contributed by atoms with Crippen LogP contribution in [0.3, 0.4) is 0 Å². The number of hydrogen-bond donors (Lipinski definition) is 0. The molecule has 70 valence electrons. The molecule has 0 radical (unpaired) electrons. The summed E-state index contributed by atoms with van der Waals surface area (Å²) in [5.74, 6) is 0.815.